The minimum absolute atomic E-state index is 0.372. The highest BCUT2D eigenvalue weighted by Crippen LogP contribution is 2.11. The van der Waals surface area contributed by atoms with Gasteiger partial charge >= 0.3 is 0 Å². The first kappa shape index (κ1) is 18.3. The number of likely N-dealkylation sites (tertiary alicyclic amines) is 1. The van der Waals surface area contributed by atoms with E-state index in [2.05, 4.69) is 17.5 Å². The Hall–Kier alpha value is -1.77. The molecule has 122 valence electrons. The van der Waals surface area contributed by atoms with Crippen molar-refractivity contribution in [1.29, 1.82) is 5.26 Å². The summed E-state index contributed by atoms with van der Waals surface area (Å²) in [4.78, 5) is 2.27. The van der Waals surface area contributed by atoms with E-state index in [1.807, 2.05) is 12.3 Å². The summed E-state index contributed by atoms with van der Waals surface area (Å²) in [5.74, 6) is 0.376. The highest BCUT2D eigenvalue weighted by atomic mass is 16.5. The van der Waals surface area contributed by atoms with Crippen LogP contribution in [-0.4, -0.2) is 51.5 Å². The SMILES string of the molecule is C=C(OCCOCCOC)/C(C#N)=C/C=C/N1CCCCC1. The molecule has 0 N–H and O–H groups in total. The van der Waals surface area contributed by atoms with Gasteiger partial charge in [0.2, 0.25) is 0 Å². The number of allylic oxidation sites excluding steroid dienone is 3. The Bertz CT molecular complexity index is 418. The van der Waals surface area contributed by atoms with Gasteiger partial charge in [0.15, 0.2) is 0 Å². The molecule has 0 radical (unpaired) electrons. The highest BCUT2D eigenvalue weighted by molar-refractivity contribution is 5.39. The molecule has 0 aliphatic carbocycles. The van der Waals surface area contributed by atoms with Crippen LogP contribution in [0.5, 0.6) is 0 Å². The van der Waals surface area contributed by atoms with Crippen molar-refractivity contribution in [2.75, 3.05) is 46.6 Å². The fourth-order valence-electron chi connectivity index (χ4n) is 2.07. The summed E-state index contributed by atoms with van der Waals surface area (Å²) in [7, 11) is 1.63. The number of nitriles is 1. The van der Waals surface area contributed by atoms with E-state index in [-0.39, 0.29) is 0 Å². The van der Waals surface area contributed by atoms with Crippen molar-refractivity contribution in [3.05, 3.63) is 36.3 Å². The summed E-state index contributed by atoms with van der Waals surface area (Å²) < 4.78 is 15.6. The third-order valence-electron chi connectivity index (χ3n) is 3.31. The van der Waals surface area contributed by atoms with Gasteiger partial charge in [0.25, 0.3) is 0 Å². The van der Waals surface area contributed by atoms with E-state index in [1.54, 1.807) is 13.2 Å². The van der Waals surface area contributed by atoms with Gasteiger partial charge in [-0.05, 0) is 37.6 Å². The van der Waals surface area contributed by atoms with E-state index >= 15 is 0 Å². The number of piperidine rings is 1. The zero-order chi connectivity index (χ0) is 16.0. The molecule has 22 heavy (non-hydrogen) atoms. The molecular weight excluding hydrogens is 280 g/mol. The molecule has 1 aliphatic heterocycles. The van der Waals surface area contributed by atoms with Gasteiger partial charge < -0.3 is 19.1 Å². The zero-order valence-corrected chi connectivity index (χ0v) is 13.4. The summed E-state index contributed by atoms with van der Waals surface area (Å²) in [6, 6.07) is 2.11. The number of hydrogen-bond donors (Lipinski definition) is 0. The fourth-order valence-corrected chi connectivity index (χ4v) is 2.07. The van der Waals surface area contributed by atoms with Crippen LogP contribution in [0, 0.1) is 11.3 Å². The van der Waals surface area contributed by atoms with Gasteiger partial charge in [-0.25, -0.2) is 0 Å². The molecule has 0 spiro atoms. The molecule has 1 aliphatic rings. The third kappa shape index (κ3) is 7.87. The van der Waals surface area contributed by atoms with E-state index in [0.29, 0.717) is 37.8 Å². The number of nitrogens with zero attached hydrogens (tertiary/aromatic N) is 2. The molecule has 0 aromatic heterocycles. The van der Waals surface area contributed by atoms with Gasteiger partial charge in [0, 0.05) is 20.2 Å². The molecule has 0 saturated carbocycles. The van der Waals surface area contributed by atoms with Crippen LogP contribution >= 0.6 is 0 Å². The Morgan fingerprint density at radius 2 is 1.91 bits per heavy atom. The minimum Gasteiger partial charge on any atom is -0.490 e. The Balaban J connectivity index is 2.29. The molecule has 1 rings (SSSR count). The van der Waals surface area contributed by atoms with Crippen molar-refractivity contribution in [1.82, 2.24) is 4.90 Å². The lowest BCUT2D eigenvalue weighted by Gasteiger charge is -2.24. The number of rotatable bonds is 10. The van der Waals surface area contributed by atoms with E-state index in [9.17, 15) is 0 Å². The summed E-state index contributed by atoms with van der Waals surface area (Å²) in [5.41, 5.74) is 0.435. The molecule has 0 bridgehead atoms. The van der Waals surface area contributed by atoms with Crippen LogP contribution in [0.4, 0.5) is 0 Å². The highest BCUT2D eigenvalue weighted by Gasteiger charge is 2.05. The lowest BCUT2D eigenvalue weighted by molar-refractivity contribution is 0.0430. The molecule has 0 amide bonds. The predicted molar refractivity (Wildman–Crippen MR) is 86.0 cm³/mol. The van der Waals surface area contributed by atoms with Crippen molar-refractivity contribution in [2.24, 2.45) is 0 Å². The van der Waals surface area contributed by atoms with Crippen LogP contribution in [0.1, 0.15) is 19.3 Å². The second kappa shape index (κ2) is 11.8. The Morgan fingerprint density at radius 3 is 2.59 bits per heavy atom. The van der Waals surface area contributed by atoms with Crippen LogP contribution in [-0.2, 0) is 14.2 Å². The van der Waals surface area contributed by atoms with Crippen LogP contribution < -0.4 is 0 Å². The van der Waals surface area contributed by atoms with Gasteiger partial charge in [-0.2, -0.15) is 5.26 Å². The quantitative estimate of drug-likeness (QED) is 0.269. The lowest BCUT2D eigenvalue weighted by Crippen LogP contribution is -2.23. The monoisotopic (exact) mass is 306 g/mol. The summed E-state index contributed by atoms with van der Waals surface area (Å²) in [5, 5.41) is 9.15. The van der Waals surface area contributed by atoms with E-state index in [4.69, 9.17) is 19.5 Å². The normalized spacial score (nSPS) is 15.8. The van der Waals surface area contributed by atoms with Crippen LogP contribution in [0.3, 0.4) is 0 Å². The maximum atomic E-state index is 9.15. The van der Waals surface area contributed by atoms with Gasteiger partial charge in [-0.3, -0.25) is 0 Å². The van der Waals surface area contributed by atoms with E-state index < -0.39 is 0 Å². The van der Waals surface area contributed by atoms with Crippen molar-refractivity contribution < 1.29 is 14.2 Å². The van der Waals surface area contributed by atoms with Gasteiger partial charge in [-0.15, -0.1) is 0 Å². The Labute approximate surface area is 133 Å². The third-order valence-corrected chi connectivity index (χ3v) is 3.31. The zero-order valence-electron chi connectivity index (χ0n) is 13.4. The topological polar surface area (TPSA) is 54.7 Å². The lowest BCUT2D eigenvalue weighted by atomic mass is 10.1. The van der Waals surface area contributed by atoms with Gasteiger partial charge in [0.05, 0.1) is 25.4 Å². The fraction of sp³-hybridized carbons (Fsp3) is 0.588. The van der Waals surface area contributed by atoms with Gasteiger partial charge in [-0.1, -0.05) is 6.58 Å². The van der Waals surface area contributed by atoms with E-state index in [0.717, 1.165) is 13.1 Å². The summed E-state index contributed by atoms with van der Waals surface area (Å²) in [6.45, 7) is 7.87. The minimum atomic E-state index is 0.372. The maximum absolute atomic E-state index is 9.15. The van der Waals surface area contributed by atoms with Crippen molar-refractivity contribution in [3.63, 3.8) is 0 Å². The number of hydrogen-bond acceptors (Lipinski definition) is 5. The maximum Gasteiger partial charge on any atom is 0.130 e. The summed E-state index contributed by atoms with van der Waals surface area (Å²) in [6.07, 6.45) is 9.42. The molecule has 1 fully saturated rings. The van der Waals surface area contributed by atoms with Crippen LogP contribution in [0.15, 0.2) is 36.3 Å². The van der Waals surface area contributed by atoms with Crippen molar-refractivity contribution >= 4 is 0 Å². The second-order valence-electron chi connectivity index (χ2n) is 5.01. The van der Waals surface area contributed by atoms with Crippen molar-refractivity contribution in [3.8, 4) is 6.07 Å². The molecule has 0 atom stereocenters. The molecule has 5 heteroatoms. The molecule has 1 saturated heterocycles. The predicted octanol–water partition coefficient (Wildman–Crippen LogP) is 2.63. The molecule has 1 heterocycles. The van der Waals surface area contributed by atoms with Gasteiger partial charge in [0.1, 0.15) is 18.4 Å². The Kier molecular flexibility index (Phi) is 9.84. The average Bonchev–Trinajstić information content (AvgIpc) is 2.55. The standard InChI is InChI=1S/C17H26N2O3/c1-16(22-14-13-21-12-11-20-2)17(15-18)7-6-10-19-8-4-3-5-9-19/h6-7,10H,1,3-5,8-9,11-14H2,2H3/b10-6+,17-7+. The van der Waals surface area contributed by atoms with Crippen molar-refractivity contribution in [2.45, 2.75) is 19.3 Å². The van der Waals surface area contributed by atoms with Crippen LogP contribution in [0.25, 0.3) is 0 Å². The number of methoxy groups -OCH3 is 1. The molecular formula is C17H26N2O3. The molecule has 0 unspecified atom stereocenters. The first-order chi connectivity index (χ1) is 10.8. The smallest absolute Gasteiger partial charge is 0.130 e. The molecule has 0 aromatic rings. The Morgan fingerprint density at radius 1 is 1.18 bits per heavy atom. The first-order valence-electron chi connectivity index (χ1n) is 7.69. The summed E-state index contributed by atoms with van der Waals surface area (Å²) >= 11 is 0. The molecule has 5 nitrogen and oxygen atoms in total. The average molecular weight is 306 g/mol. The largest absolute Gasteiger partial charge is 0.490 e. The second-order valence-corrected chi connectivity index (χ2v) is 5.01. The van der Waals surface area contributed by atoms with Crippen LogP contribution in [0.2, 0.25) is 0 Å². The molecule has 0 aromatic carbocycles. The number of ether oxygens (including phenoxy) is 3. The van der Waals surface area contributed by atoms with E-state index in [1.165, 1.54) is 19.3 Å². The first-order valence-corrected chi connectivity index (χ1v) is 7.69.